The second kappa shape index (κ2) is 6.70. The molecule has 2 nitrogen and oxygen atoms in total. The maximum atomic E-state index is 5.49. The normalized spacial score (nSPS) is 15.9. The number of allylic oxidation sites excluding steroid dienone is 1. The summed E-state index contributed by atoms with van der Waals surface area (Å²) in [5.74, 6) is 0.544. The number of nitrogens with two attached hydrogens (primary N) is 1. The molecule has 0 saturated carbocycles. The minimum absolute atomic E-state index is 0.387. The Morgan fingerprint density at radius 3 is 2.73 bits per heavy atom. The minimum Gasteiger partial charge on any atom is -0.383 e. The van der Waals surface area contributed by atoms with Crippen LogP contribution in [0.3, 0.4) is 0 Å². The second-order valence-electron chi connectivity index (χ2n) is 2.63. The van der Waals surface area contributed by atoms with E-state index in [9.17, 15) is 0 Å². The molecular weight excluding hydrogens is 158 g/mol. The van der Waals surface area contributed by atoms with E-state index >= 15 is 0 Å². The average Bonchev–Trinajstić information content (AvgIpc) is 2.00. The molecule has 0 aromatic carbocycles. The lowest BCUT2D eigenvalue weighted by molar-refractivity contribution is 0.186. The van der Waals surface area contributed by atoms with Crippen molar-refractivity contribution < 1.29 is 4.74 Å². The zero-order chi connectivity index (χ0) is 8.69. The van der Waals surface area contributed by atoms with E-state index < -0.39 is 0 Å². The molecule has 0 aliphatic rings. The molecule has 0 rings (SSSR count). The lowest BCUT2D eigenvalue weighted by Crippen LogP contribution is -2.21. The largest absolute Gasteiger partial charge is 0.383 e. The molecule has 2 N–H and O–H groups in total. The molecule has 0 radical (unpaired) electrons. The van der Waals surface area contributed by atoms with Crippen LogP contribution in [-0.2, 0) is 4.74 Å². The second-order valence-corrected chi connectivity index (χ2v) is 3.51. The quantitative estimate of drug-likeness (QED) is 0.494. The van der Waals surface area contributed by atoms with Crippen molar-refractivity contribution >= 4 is 11.9 Å². The summed E-state index contributed by atoms with van der Waals surface area (Å²) in [5.41, 5.74) is 0. The highest BCUT2D eigenvalue weighted by Crippen LogP contribution is 2.18. The summed E-state index contributed by atoms with van der Waals surface area (Å²) in [5, 5.41) is 5.88. The van der Waals surface area contributed by atoms with Crippen molar-refractivity contribution in [2.24, 2.45) is 11.1 Å². The molecular formula is C8H17NOS. The number of ether oxygens (including phenoxy) is 1. The van der Waals surface area contributed by atoms with Crippen molar-refractivity contribution in [2.75, 3.05) is 13.7 Å². The molecule has 0 aromatic rings. The van der Waals surface area contributed by atoms with E-state index in [2.05, 4.69) is 13.5 Å². The molecule has 66 valence electrons. The molecule has 0 spiro atoms. The Morgan fingerprint density at radius 1 is 1.73 bits per heavy atom. The Kier molecular flexibility index (Phi) is 6.71. The molecule has 0 unspecified atom stereocenters. The van der Waals surface area contributed by atoms with Crippen LogP contribution < -0.4 is 5.14 Å². The first-order chi connectivity index (χ1) is 5.26. The van der Waals surface area contributed by atoms with Crippen LogP contribution in [0.2, 0.25) is 0 Å². The van der Waals surface area contributed by atoms with E-state index in [-0.39, 0.29) is 0 Å². The summed E-state index contributed by atoms with van der Waals surface area (Å²) in [7, 11) is 1.70. The average molecular weight is 175 g/mol. The van der Waals surface area contributed by atoms with E-state index in [1.807, 2.05) is 6.08 Å². The first-order valence-electron chi connectivity index (χ1n) is 3.71. The van der Waals surface area contributed by atoms with Crippen LogP contribution in [0, 0.1) is 5.92 Å². The van der Waals surface area contributed by atoms with Gasteiger partial charge in [0.05, 0.1) is 6.61 Å². The maximum Gasteiger partial charge on any atom is 0.0596 e. The van der Waals surface area contributed by atoms with E-state index in [4.69, 9.17) is 9.88 Å². The van der Waals surface area contributed by atoms with Gasteiger partial charge in [-0.3, -0.25) is 5.14 Å². The van der Waals surface area contributed by atoms with Gasteiger partial charge < -0.3 is 4.74 Å². The molecule has 0 aliphatic heterocycles. The van der Waals surface area contributed by atoms with Crippen LogP contribution in [-0.4, -0.2) is 19.0 Å². The van der Waals surface area contributed by atoms with Gasteiger partial charge >= 0.3 is 0 Å². The summed E-state index contributed by atoms with van der Waals surface area (Å²) >= 11 is 1.37. The van der Waals surface area contributed by atoms with Crippen molar-refractivity contribution in [3.8, 4) is 0 Å². The molecule has 0 aromatic heterocycles. The predicted octanol–water partition coefficient (Wildman–Crippen LogP) is 1.82. The fraction of sp³-hybridized carbons (Fsp3) is 0.750. The fourth-order valence-corrected chi connectivity index (χ4v) is 1.51. The lowest BCUT2D eigenvalue weighted by atomic mass is 10.0. The molecule has 0 fully saturated rings. The Hall–Kier alpha value is 0.01000. The molecule has 0 heterocycles. The van der Waals surface area contributed by atoms with E-state index in [1.54, 1.807) is 7.11 Å². The topological polar surface area (TPSA) is 35.2 Å². The van der Waals surface area contributed by atoms with Crippen LogP contribution in [0.1, 0.15) is 13.3 Å². The summed E-state index contributed by atoms with van der Waals surface area (Å²) in [6.45, 7) is 6.56. The highest BCUT2D eigenvalue weighted by molar-refractivity contribution is 7.97. The molecule has 0 aliphatic carbocycles. The van der Waals surface area contributed by atoms with Gasteiger partial charge in [-0.25, -0.2) is 0 Å². The van der Waals surface area contributed by atoms with Gasteiger partial charge in [0.2, 0.25) is 0 Å². The van der Waals surface area contributed by atoms with Gasteiger partial charge in [-0.1, -0.05) is 24.9 Å². The van der Waals surface area contributed by atoms with Gasteiger partial charge in [-0.15, -0.1) is 6.58 Å². The summed E-state index contributed by atoms with van der Waals surface area (Å²) in [4.78, 5) is 0. The fourth-order valence-electron chi connectivity index (χ4n) is 0.917. The summed E-state index contributed by atoms with van der Waals surface area (Å²) in [6, 6.07) is 0. The van der Waals surface area contributed by atoms with Gasteiger partial charge in [0, 0.05) is 12.4 Å². The number of rotatable bonds is 6. The first-order valence-corrected chi connectivity index (χ1v) is 4.65. The zero-order valence-corrected chi connectivity index (χ0v) is 8.06. The van der Waals surface area contributed by atoms with Gasteiger partial charge in [-0.05, 0) is 12.3 Å². The molecule has 0 saturated heterocycles. The van der Waals surface area contributed by atoms with Crippen molar-refractivity contribution in [1.29, 1.82) is 0 Å². The third-order valence-corrected chi connectivity index (χ3v) is 2.63. The first kappa shape index (κ1) is 11.0. The number of hydrogen-bond acceptors (Lipinski definition) is 3. The SMILES string of the molecule is C=CC[C@H](C)[C@@H](COC)SN. The van der Waals surface area contributed by atoms with Gasteiger partial charge in [0.25, 0.3) is 0 Å². The molecule has 0 bridgehead atoms. The lowest BCUT2D eigenvalue weighted by Gasteiger charge is -2.18. The van der Waals surface area contributed by atoms with Crippen molar-refractivity contribution in [2.45, 2.75) is 18.6 Å². The Bertz CT molecular complexity index is 108. The Morgan fingerprint density at radius 2 is 2.36 bits per heavy atom. The third-order valence-electron chi connectivity index (χ3n) is 1.68. The number of hydrogen-bond donors (Lipinski definition) is 1. The monoisotopic (exact) mass is 175 g/mol. The molecule has 2 atom stereocenters. The van der Waals surface area contributed by atoms with Gasteiger partial charge in [-0.2, -0.15) is 0 Å². The molecule has 11 heavy (non-hydrogen) atoms. The highest BCUT2D eigenvalue weighted by atomic mass is 32.2. The van der Waals surface area contributed by atoms with E-state index in [0.29, 0.717) is 11.2 Å². The smallest absolute Gasteiger partial charge is 0.0596 e. The standard InChI is InChI=1S/C8H17NOS/c1-4-5-7(2)8(11-9)6-10-3/h4,7-8H,1,5-6,9H2,2-3H3/t7-,8+/m0/s1. The van der Waals surface area contributed by atoms with Crippen LogP contribution in [0.25, 0.3) is 0 Å². The van der Waals surface area contributed by atoms with Crippen LogP contribution in [0.5, 0.6) is 0 Å². The van der Waals surface area contributed by atoms with E-state index in [0.717, 1.165) is 13.0 Å². The van der Waals surface area contributed by atoms with E-state index in [1.165, 1.54) is 11.9 Å². The highest BCUT2D eigenvalue weighted by Gasteiger charge is 2.14. The zero-order valence-electron chi connectivity index (χ0n) is 7.25. The maximum absolute atomic E-state index is 5.49. The predicted molar refractivity (Wildman–Crippen MR) is 51.4 cm³/mol. The Labute approximate surface area is 73.3 Å². The van der Waals surface area contributed by atoms with Crippen molar-refractivity contribution in [1.82, 2.24) is 0 Å². The van der Waals surface area contributed by atoms with Gasteiger partial charge in [0.1, 0.15) is 0 Å². The Balaban J connectivity index is 3.70. The third kappa shape index (κ3) is 4.45. The van der Waals surface area contributed by atoms with Gasteiger partial charge in [0.15, 0.2) is 0 Å². The summed E-state index contributed by atoms with van der Waals surface area (Å²) < 4.78 is 5.03. The van der Waals surface area contributed by atoms with Crippen LogP contribution in [0.15, 0.2) is 12.7 Å². The van der Waals surface area contributed by atoms with Crippen LogP contribution in [0.4, 0.5) is 0 Å². The molecule has 3 heteroatoms. The van der Waals surface area contributed by atoms with Crippen molar-refractivity contribution in [3.05, 3.63) is 12.7 Å². The van der Waals surface area contributed by atoms with Crippen molar-refractivity contribution in [3.63, 3.8) is 0 Å². The molecule has 0 amide bonds. The minimum atomic E-state index is 0.387. The summed E-state index contributed by atoms with van der Waals surface area (Å²) in [6.07, 6.45) is 2.92. The number of methoxy groups -OCH3 is 1. The van der Waals surface area contributed by atoms with Crippen LogP contribution >= 0.6 is 11.9 Å².